The molecule has 5 nitrogen and oxygen atoms in total. The zero-order valence-electron chi connectivity index (χ0n) is 13.4. The highest BCUT2D eigenvalue weighted by Gasteiger charge is 2.21. The molecule has 0 amide bonds. The molecule has 0 aliphatic rings. The van der Waals surface area contributed by atoms with Gasteiger partial charge < -0.3 is 5.11 Å². The summed E-state index contributed by atoms with van der Waals surface area (Å²) in [6.07, 6.45) is 1.36. The Bertz CT molecular complexity index is 583. The van der Waals surface area contributed by atoms with Crippen LogP contribution in [0.2, 0.25) is 0 Å². The van der Waals surface area contributed by atoms with Gasteiger partial charge in [-0.1, -0.05) is 34.6 Å². The molecule has 0 aromatic carbocycles. The predicted molar refractivity (Wildman–Crippen MR) is 84.3 cm³/mol. The maximum atomic E-state index is 10.4. The quantitative estimate of drug-likeness (QED) is 0.922. The first-order chi connectivity index (χ1) is 9.77. The molecule has 21 heavy (non-hydrogen) atoms. The maximum absolute atomic E-state index is 10.4. The predicted octanol–water partition coefficient (Wildman–Crippen LogP) is 2.96. The molecule has 0 radical (unpaired) electrons. The van der Waals surface area contributed by atoms with Gasteiger partial charge in [-0.25, -0.2) is 14.6 Å². The molecule has 0 spiro atoms. The molecule has 0 aliphatic carbocycles. The van der Waals surface area contributed by atoms with Gasteiger partial charge in [-0.05, 0) is 5.92 Å². The zero-order chi connectivity index (χ0) is 15.6. The van der Waals surface area contributed by atoms with Crippen LogP contribution in [0.5, 0.6) is 0 Å². The van der Waals surface area contributed by atoms with Crippen LogP contribution in [-0.2, 0) is 18.4 Å². The highest BCUT2D eigenvalue weighted by Crippen LogP contribution is 2.28. The first-order valence-electron chi connectivity index (χ1n) is 7.28. The largest absolute Gasteiger partial charge is 0.386 e. The average molecular weight is 308 g/mol. The molecule has 2 heterocycles. The third kappa shape index (κ3) is 4.11. The lowest BCUT2D eigenvalue weighted by atomic mass is 9.98. The molecular weight excluding hydrogens is 284 g/mol. The SMILES string of the molecule is CC(C)Cn1ncnc1CC(O)c1csc(C(C)(C)C)n1. The monoisotopic (exact) mass is 308 g/mol. The van der Waals surface area contributed by atoms with Gasteiger partial charge in [0.1, 0.15) is 18.3 Å². The van der Waals surface area contributed by atoms with Gasteiger partial charge in [0.2, 0.25) is 0 Å². The number of rotatable bonds is 5. The van der Waals surface area contributed by atoms with Crippen molar-refractivity contribution in [1.29, 1.82) is 0 Å². The summed E-state index contributed by atoms with van der Waals surface area (Å²) < 4.78 is 1.87. The van der Waals surface area contributed by atoms with E-state index >= 15 is 0 Å². The van der Waals surface area contributed by atoms with Gasteiger partial charge in [0.25, 0.3) is 0 Å². The van der Waals surface area contributed by atoms with Crippen molar-refractivity contribution in [3.05, 3.63) is 28.2 Å². The number of aromatic nitrogens is 4. The van der Waals surface area contributed by atoms with Crippen molar-refractivity contribution in [2.45, 2.75) is 59.1 Å². The Balaban J connectivity index is 2.09. The van der Waals surface area contributed by atoms with Gasteiger partial charge in [0.15, 0.2) is 0 Å². The summed E-state index contributed by atoms with van der Waals surface area (Å²) in [5.41, 5.74) is 0.740. The van der Waals surface area contributed by atoms with E-state index in [2.05, 4.69) is 49.7 Å². The minimum atomic E-state index is -0.632. The topological polar surface area (TPSA) is 63.8 Å². The minimum Gasteiger partial charge on any atom is -0.386 e. The summed E-state index contributed by atoms with van der Waals surface area (Å²) in [5.74, 6) is 1.30. The fourth-order valence-electron chi connectivity index (χ4n) is 2.01. The van der Waals surface area contributed by atoms with E-state index in [4.69, 9.17) is 0 Å². The van der Waals surface area contributed by atoms with Crippen LogP contribution in [-0.4, -0.2) is 24.9 Å². The molecule has 2 aromatic heterocycles. The molecule has 0 saturated carbocycles. The smallest absolute Gasteiger partial charge is 0.138 e. The molecule has 1 atom stereocenters. The van der Waals surface area contributed by atoms with E-state index in [0.717, 1.165) is 23.1 Å². The van der Waals surface area contributed by atoms with Gasteiger partial charge in [0, 0.05) is 23.8 Å². The number of nitrogens with zero attached hydrogens (tertiary/aromatic N) is 4. The standard InChI is InChI=1S/C15H24N4OS/c1-10(2)7-19-13(16-9-17-19)6-12(20)11-8-21-14(18-11)15(3,4)5/h8-10,12,20H,6-7H2,1-5H3. The molecule has 6 heteroatoms. The van der Waals surface area contributed by atoms with Gasteiger partial charge in [-0.3, -0.25) is 0 Å². The van der Waals surface area contributed by atoms with Crippen LogP contribution >= 0.6 is 11.3 Å². The van der Waals surface area contributed by atoms with Crippen molar-refractivity contribution in [1.82, 2.24) is 19.7 Å². The van der Waals surface area contributed by atoms with Crippen LogP contribution in [0.15, 0.2) is 11.7 Å². The van der Waals surface area contributed by atoms with Gasteiger partial charge >= 0.3 is 0 Å². The van der Waals surface area contributed by atoms with Crippen molar-refractivity contribution < 1.29 is 5.11 Å². The summed E-state index contributed by atoms with van der Waals surface area (Å²) in [5, 5.41) is 17.6. The Hall–Kier alpha value is -1.27. The Morgan fingerprint density at radius 2 is 2.05 bits per heavy atom. The first-order valence-corrected chi connectivity index (χ1v) is 8.16. The van der Waals surface area contributed by atoms with E-state index in [9.17, 15) is 5.11 Å². The second kappa shape index (κ2) is 6.23. The molecule has 0 bridgehead atoms. The number of aliphatic hydroxyl groups excluding tert-OH is 1. The number of aliphatic hydroxyl groups is 1. The van der Waals surface area contributed by atoms with E-state index in [1.165, 1.54) is 0 Å². The summed E-state index contributed by atoms with van der Waals surface area (Å²) in [7, 11) is 0. The van der Waals surface area contributed by atoms with Gasteiger partial charge in [-0.15, -0.1) is 11.3 Å². The second-order valence-corrected chi connectivity index (χ2v) is 7.66. The van der Waals surface area contributed by atoms with Crippen molar-refractivity contribution in [3.63, 3.8) is 0 Å². The van der Waals surface area contributed by atoms with Crippen LogP contribution in [0.3, 0.4) is 0 Å². The third-order valence-corrected chi connectivity index (χ3v) is 4.40. The number of thiazole rings is 1. The molecule has 2 aromatic rings. The molecule has 0 aliphatic heterocycles. The summed E-state index contributed by atoms with van der Waals surface area (Å²) in [6.45, 7) is 11.5. The van der Waals surface area contributed by atoms with Crippen LogP contribution in [0, 0.1) is 5.92 Å². The van der Waals surface area contributed by atoms with Crippen molar-refractivity contribution in [3.8, 4) is 0 Å². The fraction of sp³-hybridized carbons (Fsp3) is 0.667. The molecule has 0 saturated heterocycles. The zero-order valence-corrected chi connectivity index (χ0v) is 14.2. The summed E-state index contributed by atoms with van der Waals surface area (Å²) >= 11 is 1.60. The third-order valence-electron chi connectivity index (χ3n) is 3.11. The second-order valence-electron chi connectivity index (χ2n) is 6.80. The van der Waals surface area contributed by atoms with Gasteiger partial charge in [-0.2, -0.15) is 5.10 Å². The van der Waals surface area contributed by atoms with Crippen molar-refractivity contribution in [2.75, 3.05) is 0 Å². The van der Waals surface area contributed by atoms with E-state index in [-0.39, 0.29) is 5.41 Å². The summed E-state index contributed by atoms with van der Waals surface area (Å²) in [4.78, 5) is 8.82. The lowest BCUT2D eigenvalue weighted by Crippen LogP contribution is -2.14. The van der Waals surface area contributed by atoms with Gasteiger partial charge in [0.05, 0.1) is 10.7 Å². The van der Waals surface area contributed by atoms with E-state index in [1.807, 2.05) is 10.1 Å². The molecule has 0 fully saturated rings. The van der Waals surface area contributed by atoms with Crippen LogP contribution in [0.25, 0.3) is 0 Å². The maximum Gasteiger partial charge on any atom is 0.138 e. The van der Waals surface area contributed by atoms with Crippen molar-refractivity contribution >= 4 is 11.3 Å². The van der Waals surface area contributed by atoms with E-state index < -0.39 is 6.10 Å². The van der Waals surface area contributed by atoms with E-state index in [0.29, 0.717) is 12.3 Å². The van der Waals surface area contributed by atoms with Crippen molar-refractivity contribution in [2.24, 2.45) is 5.92 Å². The lowest BCUT2D eigenvalue weighted by Gasteiger charge is -2.14. The highest BCUT2D eigenvalue weighted by atomic mass is 32.1. The highest BCUT2D eigenvalue weighted by molar-refractivity contribution is 7.09. The summed E-state index contributed by atoms with van der Waals surface area (Å²) in [6, 6.07) is 0. The Kier molecular flexibility index (Phi) is 4.78. The molecule has 116 valence electrons. The Morgan fingerprint density at radius 1 is 1.33 bits per heavy atom. The lowest BCUT2D eigenvalue weighted by molar-refractivity contribution is 0.169. The Labute approximate surface area is 130 Å². The van der Waals surface area contributed by atoms with Crippen LogP contribution < -0.4 is 0 Å². The molecule has 1 unspecified atom stereocenters. The minimum absolute atomic E-state index is 0.0142. The molecular formula is C15H24N4OS. The fourth-order valence-corrected chi connectivity index (χ4v) is 2.96. The number of hydrogen-bond acceptors (Lipinski definition) is 5. The number of hydrogen-bond donors (Lipinski definition) is 1. The van der Waals surface area contributed by atoms with E-state index in [1.54, 1.807) is 17.7 Å². The molecule has 2 rings (SSSR count). The Morgan fingerprint density at radius 3 is 2.62 bits per heavy atom. The normalized spacial score (nSPS) is 13.9. The molecule has 1 N–H and O–H groups in total. The first kappa shape index (κ1) is 16.1. The average Bonchev–Trinajstić information content (AvgIpc) is 2.97. The van der Waals surface area contributed by atoms with Crippen LogP contribution in [0.1, 0.15) is 57.2 Å². The van der Waals surface area contributed by atoms with Crippen LogP contribution in [0.4, 0.5) is 0 Å².